The summed E-state index contributed by atoms with van der Waals surface area (Å²) in [6.45, 7) is 6.84. The van der Waals surface area contributed by atoms with Crippen molar-refractivity contribution in [2.45, 2.75) is 38.3 Å². The lowest BCUT2D eigenvalue weighted by Gasteiger charge is -2.37. The maximum Gasteiger partial charge on any atom is 0.221 e. The van der Waals surface area contributed by atoms with Crippen LogP contribution in [0.3, 0.4) is 0 Å². The fraction of sp³-hybridized carbons (Fsp3) is 0.846. The van der Waals surface area contributed by atoms with Gasteiger partial charge in [-0.25, -0.2) is 0 Å². The Balaban J connectivity index is 1.62. The number of carbonyl (C=O) groups excluding carboxylic acids is 1. The Hall–Kier alpha value is -0.720. The van der Waals surface area contributed by atoms with Crippen molar-refractivity contribution >= 4 is 23.1 Å². The Bertz CT molecular complexity index is 338. The lowest BCUT2D eigenvalue weighted by Crippen LogP contribution is -2.53. The van der Waals surface area contributed by atoms with E-state index in [1.807, 2.05) is 0 Å². The van der Waals surface area contributed by atoms with Crippen molar-refractivity contribution in [2.24, 2.45) is 5.73 Å². The number of piperazine rings is 1. The van der Waals surface area contributed by atoms with Crippen LogP contribution in [0.1, 0.15) is 26.2 Å². The molecule has 0 bridgehead atoms. The Labute approximate surface area is 120 Å². The van der Waals surface area contributed by atoms with Gasteiger partial charge in [-0.1, -0.05) is 12.2 Å². The van der Waals surface area contributed by atoms with Gasteiger partial charge < -0.3 is 16.0 Å². The van der Waals surface area contributed by atoms with Crippen molar-refractivity contribution in [3.8, 4) is 0 Å². The molecule has 2 aliphatic rings. The number of hydrogen-bond acceptors (Lipinski definition) is 4. The summed E-state index contributed by atoms with van der Waals surface area (Å²) >= 11 is 5.03. The highest BCUT2D eigenvalue weighted by molar-refractivity contribution is 7.80. The van der Waals surface area contributed by atoms with Crippen LogP contribution >= 0.6 is 12.2 Å². The maximum absolute atomic E-state index is 11.6. The molecular weight excluding hydrogens is 260 g/mol. The van der Waals surface area contributed by atoms with Crippen LogP contribution in [-0.4, -0.2) is 65.5 Å². The van der Waals surface area contributed by atoms with Crippen molar-refractivity contribution < 1.29 is 4.79 Å². The van der Waals surface area contributed by atoms with Gasteiger partial charge in [-0.15, -0.1) is 0 Å². The second kappa shape index (κ2) is 6.63. The summed E-state index contributed by atoms with van der Waals surface area (Å²) in [4.78, 5) is 16.8. The molecule has 19 heavy (non-hydrogen) atoms. The lowest BCUT2D eigenvalue weighted by molar-refractivity contribution is -0.121. The van der Waals surface area contributed by atoms with Crippen LogP contribution < -0.4 is 11.1 Å². The van der Waals surface area contributed by atoms with Crippen molar-refractivity contribution in [1.82, 2.24) is 15.1 Å². The number of hydrogen-bond donors (Lipinski definition) is 2. The molecule has 0 aromatic heterocycles. The van der Waals surface area contributed by atoms with E-state index in [9.17, 15) is 4.79 Å². The Morgan fingerprint density at radius 1 is 1.37 bits per heavy atom. The van der Waals surface area contributed by atoms with Crippen molar-refractivity contribution in [3.05, 3.63) is 0 Å². The molecule has 1 atom stereocenters. The maximum atomic E-state index is 11.6. The predicted octanol–water partition coefficient (Wildman–Crippen LogP) is -0.0527. The van der Waals surface area contributed by atoms with E-state index in [-0.39, 0.29) is 11.9 Å². The van der Waals surface area contributed by atoms with Crippen LogP contribution in [0.25, 0.3) is 0 Å². The van der Waals surface area contributed by atoms with E-state index in [0.29, 0.717) is 17.5 Å². The summed E-state index contributed by atoms with van der Waals surface area (Å²) in [5, 5.41) is 3.03. The topological polar surface area (TPSA) is 61.6 Å². The van der Waals surface area contributed by atoms with Crippen molar-refractivity contribution in [3.63, 3.8) is 0 Å². The Kier molecular flexibility index (Phi) is 5.13. The number of rotatable bonds is 6. The van der Waals surface area contributed by atoms with Gasteiger partial charge in [0.2, 0.25) is 5.91 Å². The van der Waals surface area contributed by atoms with Gasteiger partial charge in [0.1, 0.15) is 0 Å². The van der Waals surface area contributed by atoms with Crippen molar-refractivity contribution in [1.29, 1.82) is 0 Å². The molecule has 3 N–H and O–H groups in total. The zero-order valence-corrected chi connectivity index (χ0v) is 12.4. The summed E-state index contributed by atoms with van der Waals surface area (Å²) in [5.41, 5.74) is 5.68. The molecule has 0 spiro atoms. The molecule has 1 saturated carbocycles. The number of nitrogens with two attached hydrogens (primary N) is 1. The zero-order valence-electron chi connectivity index (χ0n) is 11.6. The lowest BCUT2D eigenvalue weighted by atomic mass is 10.2. The van der Waals surface area contributed by atoms with Crippen LogP contribution in [0.5, 0.6) is 0 Å². The van der Waals surface area contributed by atoms with E-state index in [1.165, 1.54) is 0 Å². The number of carbonyl (C=O) groups is 1. The molecule has 0 radical (unpaired) electrons. The van der Waals surface area contributed by atoms with Gasteiger partial charge in [-0.3, -0.25) is 9.69 Å². The van der Waals surface area contributed by atoms with Crippen molar-refractivity contribution in [2.75, 3.05) is 32.7 Å². The van der Waals surface area contributed by atoms with Crippen LogP contribution in [0.4, 0.5) is 0 Å². The molecule has 2 rings (SSSR count). The summed E-state index contributed by atoms with van der Waals surface area (Å²) < 4.78 is 0. The second-order valence-corrected chi connectivity index (χ2v) is 6.02. The average Bonchev–Trinajstić information content (AvgIpc) is 3.20. The molecule has 1 aliphatic carbocycles. The number of thiocarbonyl (C=S) groups is 1. The fourth-order valence-electron chi connectivity index (χ4n) is 2.34. The van der Waals surface area contributed by atoms with E-state index in [1.54, 1.807) is 0 Å². The van der Waals surface area contributed by atoms with Gasteiger partial charge >= 0.3 is 0 Å². The first-order valence-electron chi connectivity index (χ1n) is 7.11. The van der Waals surface area contributed by atoms with Gasteiger partial charge in [0.25, 0.3) is 0 Å². The first-order chi connectivity index (χ1) is 9.06. The first kappa shape index (κ1) is 14.7. The minimum Gasteiger partial charge on any atom is -0.392 e. The molecule has 1 aliphatic heterocycles. The highest BCUT2D eigenvalue weighted by atomic mass is 32.1. The van der Waals surface area contributed by atoms with Crippen LogP contribution in [0.15, 0.2) is 0 Å². The molecule has 1 saturated heterocycles. The van der Waals surface area contributed by atoms with Gasteiger partial charge in [-0.05, 0) is 19.8 Å². The normalized spacial score (nSPS) is 23.0. The molecular formula is C13H24N4OS. The first-order valence-corrected chi connectivity index (χ1v) is 7.52. The van der Waals surface area contributed by atoms with Gasteiger partial charge in [0.05, 0.1) is 11.0 Å². The summed E-state index contributed by atoms with van der Waals surface area (Å²) in [6, 6.07) is 0.645. The molecule has 108 valence electrons. The second-order valence-electron chi connectivity index (χ2n) is 5.55. The van der Waals surface area contributed by atoms with Crippen LogP contribution in [0, 0.1) is 0 Å². The van der Waals surface area contributed by atoms with E-state index >= 15 is 0 Å². The minimum atomic E-state index is 0.176. The molecule has 6 heteroatoms. The van der Waals surface area contributed by atoms with Crippen LogP contribution in [0.2, 0.25) is 0 Å². The van der Waals surface area contributed by atoms with Gasteiger partial charge in [-0.2, -0.15) is 0 Å². The third-order valence-corrected chi connectivity index (χ3v) is 4.31. The summed E-state index contributed by atoms with van der Waals surface area (Å²) in [7, 11) is 0. The number of amides is 1. The molecule has 5 nitrogen and oxygen atoms in total. The predicted molar refractivity (Wildman–Crippen MR) is 80.0 cm³/mol. The third-order valence-electron chi connectivity index (χ3n) is 3.96. The largest absolute Gasteiger partial charge is 0.392 e. The van der Waals surface area contributed by atoms with E-state index in [0.717, 1.165) is 45.6 Å². The molecule has 1 unspecified atom stereocenters. The fourth-order valence-corrected chi connectivity index (χ4v) is 2.49. The molecule has 2 fully saturated rings. The smallest absolute Gasteiger partial charge is 0.221 e. The van der Waals surface area contributed by atoms with E-state index in [2.05, 4.69) is 22.0 Å². The quantitative estimate of drug-likeness (QED) is 0.670. The van der Waals surface area contributed by atoms with Gasteiger partial charge in [0.15, 0.2) is 0 Å². The highest BCUT2D eigenvalue weighted by Crippen LogP contribution is 2.18. The number of nitrogens with zero attached hydrogens (tertiary/aromatic N) is 2. The summed E-state index contributed by atoms with van der Waals surface area (Å²) in [6.07, 6.45) is 2.92. The van der Waals surface area contributed by atoms with Crippen LogP contribution in [-0.2, 0) is 4.79 Å². The summed E-state index contributed by atoms with van der Waals surface area (Å²) in [5.74, 6) is 0.196. The monoisotopic (exact) mass is 284 g/mol. The average molecular weight is 284 g/mol. The zero-order chi connectivity index (χ0) is 13.8. The van der Waals surface area contributed by atoms with E-state index in [4.69, 9.17) is 18.0 Å². The highest BCUT2D eigenvalue weighted by Gasteiger charge is 2.25. The molecule has 0 aromatic rings. The SMILES string of the molecule is CC(C(N)=S)N1CCN(CCC(=O)NC2CC2)CC1. The standard InChI is InChI=1S/C13H24N4OS/c1-10(13(14)19)17-8-6-16(7-9-17)5-4-12(18)15-11-2-3-11/h10-11H,2-9H2,1H3,(H2,14,19)(H,15,18). The number of nitrogens with one attached hydrogen (secondary N) is 1. The molecule has 0 aromatic carbocycles. The Morgan fingerprint density at radius 2 is 2.00 bits per heavy atom. The Morgan fingerprint density at radius 3 is 2.53 bits per heavy atom. The molecule has 1 amide bonds. The molecule has 1 heterocycles. The minimum absolute atomic E-state index is 0.176. The third kappa shape index (κ3) is 4.71. The van der Waals surface area contributed by atoms with Gasteiger partial charge in [0, 0.05) is 45.2 Å². The van der Waals surface area contributed by atoms with E-state index < -0.39 is 0 Å².